The van der Waals surface area contributed by atoms with Gasteiger partial charge in [0.25, 0.3) is 0 Å². The highest BCUT2D eigenvalue weighted by Crippen LogP contribution is 2.20. The van der Waals surface area contributed by atoms with E-state index in [0.717, 1.165) is 23.5 Å². The lowest BCUT2D eigenvalue weighted by molar-refractivity contribution is 0.474. The molecule has 0 saturated carbocycles. The van der Waals surface area contributed by atoms with Crippen LogP contribution in [0.5, 0.6) is 5.75 Å². The average molecular weight is 231 g/mol. The number of nitrogens with zero attached hydrogens (tertiary/aromatic N) is 2. The molecule has 0 aliphatic rings. The van der Waals surface area contributed by atoms with E-state index >= 15 is 0 Å². The molecule has 0 spiro atoms. The molecule has 0 radical (unpaired) electrons. The number of aromatic nitrogens is 2. The molecule has 4 nitrogen and oxygen atoms in total. The third-order valence-corrected chi connectivity index (χ3v) is 2.80. The maximum Gasteiger partial charge on any atom is 0.115 e. The Hall–Kier alpha value is -1.81. The number of nitrogens with one attached hydrogen (secondary N) is 1. The molecule has 0 saturated heterocycles. The molecule has 17 heavy (non-hydrogen) atoms. The largest absolute Gasteiger partial charge is 0.508 e. The van der Waals surface area contributed by atoms with Crippen LogP contribution in [-0.2, 0) is 6.54 Å². The predicted octanol–water partition coefficient (Wildman–Crippen LogP) is 1.91. The third-order valence-electron chi connectivity index (χ3n) is 2.80. The Bertz CT molecular complexity index is 531. The summed E-state index contributed by atoms with van der Waals surface area (Å²) in [6.45, 7) is 4.77. The van der Waals surface area contributed by atoms with Crippen molar-refractivity contribution in [2.45, 2.75) is 20.4 Å². The molecule has 1 heterocycles. The number of hydrogen-bond acceptors (Lipinski definition) is 3. The van der Waals surface area contributed by atoms with Crippen LogP contribution >= 0.6 is 0 Å². The van der Waals surface area contributed by atoms with Gasteiger partial charge in [-0.1, -0.05) is 0 Å². The smallest absolute Gasteiger partial charge is 0.115 e. The fraction of sp³-hybridized carbons (Fsp3) is 0.308. The van der Waals surface area contributed by atoms with Gasteiger partial charge in [-0.05, 0) is 44.7 Å². The van der Waals surface area contributed by atoms with Gasteiger partial charge < -0.3 is 10.4 Å². The number of hydrogen-bond donors (Lipinski definition) is 2. The molecule has 0 atom stereocenters. The standard InChI is InChI=1S/C13H17N3O/c1-9-6-12(17)4-5-13(9)16-8-11(7-14-3)10(2)15-16/h4-6,8,14,17H,7H2,1-3H3. The summed E-state index contributed by atoms with van der Waals surface area (Å²) < 4.78 is 1.86. The van der Waals surface area contributed by atoms with Crippen molar-refractivity contribution in [1.29, 1.82) is 0 Å². The Kier molecular flexibility index (Phi) is 3.15. The molecule has 0 aliphatic heterocycles. The molecular formula is C13H17N3O. The molecule has 0 unspecified atom stereocenters. The number of phenols is 1. The van der Waals surface area contributed by atoms with Crippen molar-refractivity contribution >= 4 is 0 Å². The van der Waals surface area contributed by atoms with Gasteiger partial charge in [0.1, 0.15) is 5.75 Å². The highest BCUT2D eigenvalue weighted by molar-refractivity contribution is 5.44. The minimum Gasteiger partial charge on any atom is -0.508 e. The fourth-order valence-electron chi connectivity index (χ4n) is 1.88. The quantitative estimate of drug-likeness (QED) is 0.848. The van der Waals surface area contributed by atoms with E-state index in [4.69, 9.17) is 0 Å². The molecule has 0 amide bonds. The van der Waals surface area contributed by atoms with E-state index in [2.05, 4.69) is 10.4 Å². The molecule has 4 heteroatoms. The number of aromatic hydroxyl groups is 1. The zero-order valence-electron chi connectivity index (χ0n) is 10.4. The van der Waals surface area contributed by atoms with Gasteiger partial charge in [-0.2, -0.15) is 5.10 Å². The Morgan fingerprint density at radius 2 is 2.12 bits per heavy atom. The summed E-state index contributed by atoms with van der Waals surface area (Å²) >= 11 is 0. The van der Waals surface area contributed by atoms with Crippen molar-refractivity contribution < 1.29 is 5.11 Å². The second-order valence-corrected chi connectivity index (χ2v) is 4.19. The molecule has 0 bridgehead atoms. The molecular weight excluding hydrogens is 214 g/mol. The monoisotopic (exact) mass is 231 g/mol. The lowest BCUT2D eigenvalue weighted by atomic mass is 10.2. The van der Waals surface area contributed by atoms with Crippen molar-refractivity contribution in [2.75, 3.05) is 7.05 Å². The first-order chi connectivity index (χ1) is 8.11. The van der Waals surface area contributed by atoms with Crippen LogP contribution in [0.15, 0.2) is 24.4 Å². The van der Waals surface area contributed by atoms with Gasteiger partial charge in [0.05, 0.1) is 11.4 Å². The van der Waals surface area contributed by atoms with Crippen LogP contribution in [0, 0.1) is 13.8 Å². The predicted molar refractivity (Wildman–Crippen MR) is 67.5 cm³/mol. The normalized spacial score (nSPS) is 10.8. The number of aryl methyl sites for hydroxylation is 2. The maximum absolute atomic E-state index is 9.39. The van der Waals surface area contributed by atoms with Crippen molar-refractivity contribution in [1.82, 2.24) is 15.1 Å². The van der Waals surface area contributed by atoms with Gasteiger partial charge >= 0.3 is 0 Å². The van der Waals surface area contributed by atoms with Gasteiger partial charge in [-0.25, -0.2) is 4.68 Å². The summed E-state index contributed by atoms with van der Waals surface area (Å²) in [5.74, 6) is 0.283. The maximum atomic E-state index is 9.39. The molecule has 90 valence electrons. The SMILES string of the molecule is CNCc1cn(-c2ccc(O)cc2C)nc1C. The fourth-order valence-corrected chi connectivity index (χ4v) is 1.88. The Morgan fingerprint density at radius 3 is 2.76 bits per heavy atom. The van der Waals surface area contributed by atoms with Crippen LogP contribution < -0.4 is 5.32 Å². The van der Waals surface area contributed by atoms with Crippen molar-refractivity contribution in [3.63, 3.8) is 0 Å². The molecule has 2 aromatic rings. The van der Waals surface area contributed by atoms with Crippen LogP contribution in [0.3, 0.4) is 0 Å². The van der Waals surface area contributed by atoms with Crippen LogP contribution in [0.1, 0.15) is 16.8 Å². The van der Waals surface area contributed by atoms with E-state index in [0.29, 0.717) is 0 Å². The van der Waals surface area contributed by atoms with E-state index in [1.807, 2.05) is 37.8 Å². The average Bonchev–Trinajstić information content (AvgIpc) is 2.60. The van der Waals surface area contributed by atoms with E-state index in [9.17, 15) is 5.11 Å². The van der Waals surface area contributed by atoms with Gasteiger partial charge in [-0.3, -0.25) is 0 Å². The molecule has 1 aromatic heterocycles. The Balaban J connectivity index is 2.42. The minimum absolute atomic E-state index is 0.283. The zero-order chi connectivity index (χ0) is 12.4. The van der Waals surface area contributed by atoms with Gasteiger partial charge in [-0.15, -0.1) is 0 Å². The van der Waals surface area contributed by atoms with Crippen LogP contribution in [0.25, 0.3) is 5.69 Å². The molecule has 0 aliphatic carbocycles. The summed E-state index contributed by atoms with van der Waals surface area (Å²) in [5, 5.41) is 17.0. The summed E-state index contributed by atoms with van der Waals surface area (Å²) in [4.78, 5) is 0. The molecule has 2 N–H and O–H groups in total. The first-order valence-corrected chi connectivity index (χ1v) is 5.61. The van der Waals surface area contributed by atoms with E-state index < -0.39 is 0 Å². The van der Waals surface area contributed by atoms with E-state index in [1.165, 1.54) is 5.56 Å². The minimum atomic E-state index is 0.283. The molecule has 1 aromatic carbocycles. The Labute approximate surface area is 101 Å². The van der Waals surface area contributed by atoms with Crippen molar-refractivity contribution in [3.8, 4) is 11.4 Å². The van der Waals surface area contributed by atoms with Gasteiger partial charge in [0, 0.05) is 18.3 Å². The summed E-state index contributed by atoms with van der Waals surface area (Å²) in [6.07, 6.45) is 2.02. The third kappa shape index (κ3) is 2.31. The highest BCUT2D eigenvalue weighted by Gasteiger charge is 2.07. The second-order valence-electron chi connectivity index (χ2n) is 4.19. The Morgan fingerprint density at radius 1 is 1.35 bits per heavy atom. The lowest BCUT2D eigenvalue weighted by Crippen LogP contribution is -2.05. The first kappa shape index (κ1) is 11.7. The van der Waals surface area contributed by atoms with E-state index in [-0.39, 0.29) is 5.75 Å². The number of rotatable bonds is 3. The van der Waals surface area contributed by atoms with E-state index in [1.54, 1.807) is 12.1 Å². The molecule has 0 fully saturated rings. The van der Waals surface area contributed by atoms with Crippen molar-refractivity contribution in [2.24, 2.45) is 0 Å². The highest BCUT2D eigenvalue weighted by atomic mass is 16.3. The van der Waals surface area contributed by atoms with Crippen LogP contribution in [0.2, 0.25) is 0 Å². The van der Waals surface area contributed by atoms with Crippen LogP contribution in [0.4, 0.5) is 0 Å². The second kappa shape index (κ2) is 4.59. The molecule has 2 rings (SSSR count). The first-order valence-electron chi connectivity index (χ1n) is 5.61. The van der Waals surface area contributed by atoms with Gasteiger partial charge in [0.15, 0.2) is 0 Å². The zero-order valence-corrected chi connectivity index (χ0v) is 10.4. The number of benzene rings is 1. The van der Waals surface area contributed by atoms with Crippen LogP contribution in [-0.4, -0.2) is 21.9 Å². The summed E-state index contributed by atoms with van der Waals surface area (Å²) in [5.41, 5.74) is 4.20. The van der Waals surface area contributed by atoms with Gasteiger partial charge in [0.2, 0.25) is 0 Å². The van der Waals surface area contributed by atoms with Crippen molar-refractivity contribution in [3.05, 3.63) is 41.2 Å². The number of phenolic OH excluding ortho intramolecular Hbond substituents is 1. The summed E-state index contributed by atoms with van der Waals surface area (Å²) in [6, 6.07) is 5.29. The lowest BCUT2D eigenvalue weighted by Gasteiger charge is -2.05. The summed E-state index contributed by atoms with van der Waals surface area (Å²) in [7, 11) is 1.92. The topological polar surface area (TPSA) is 50.1 Å².